The number of hydrogen-bond acceptors (Lipinski definition) is 5. The maximum Gasteiger partial charge on any atom is 0.191 e. The Labute approximate surface area is 177 Å². The lowest BCUT2D eigenvalue weighted by Gasteiger charge is -2.24. The van der Waals surface area contributed by atoms with Gasteiger partial charge in [-0.05, 0) is 20.5 Å². The summed E-state index contributed by atoms with van der Waals surface area (Å²) in [5.74, 6) is 0.808. The predicted octanol–water partition coefficient (Wildman–Crippen LogP) is 2.07. The van der Waals surface area contributed by atoms with Gasteiger partial charge in [0.05, 0.1) is 17.2 Å². The maximum atomic E-state index is 4.45. The van der Waals surface area contributed by atoms with Crippen LogP contribution in [0.3, 0.4) is 0 Å². The second kappa shape index (κ2) is 11.5. The largest absolute Gasteiger partial charge is 0.356 e. The molecule has 0 saturated carbocycles. The normalized spacial score (nSPS) is 12.8. The van der Waals surface area contributed by atoms with Crippen LogP contribution in [0.4, 0.5) is 0 Å². The van der Waals surface area contributed by atoms with E-state index in [1.807, 2.05) is 24.1 Å². The van der Waals surface area contributed by atoms with Gasteiger partial charge in [0, 0.05) is 56.4 Å². The van der Waals surface area contributed by atoms with Crippen LogP contribution in [0.1, 0.15) is 28.4 Å². The van der Waals surface area contributed by atoms with Crippen molar-refractivity contribution in [3.05, 3.63) is 34.0 Å². The van der Waals surface area contributed by atoms with Crippen molar-refractivity contribution >= 4 is 41.3 Å². The van der Waals surface area contributed by atoms with Crippen molar-refractivity contribution in [2.24, 2.45) is 12.0 Å². The standard InChI is InChI=1S/C17H29N7S.HI/c1-6-14-10-20-16(25-14)7-8-19-17(18-2)21-11-15(23(3)4)13-9-22-24(5)12-13;/h9-10,12,15H,6-8,11H2,1-5H3,(H2,18,19,21);1H. The average Bonchev–Trinajstić information content (AvgIpc) is 3.22. The van der Waals surface area contributed by atoms with Crippen LogP contribution in [-0.4, -0.2) is 59.9 Å². The van der Waals surface area contributed by atoms with Gasteiger partial charge in [-0.3, -0.25) is 9.67 Å². The van der Waals surface area contributed by atoms with Gasteiger partial charge in [-0.1, -0.05) is 6.92 Å². The summed E-state index contributed by atoms with van der Waals surface area (Å²) in [6, 6.07) is 0.235. The van der Waals surface area contributed by atoms with Crippen molar-refractivity contribution in [3.63, 3.8) is 0 Å². The van der Waals surface area contributed by atoms with Crippen molar-refractivity contribution in [2.45, 2.75) is 25.8 Å². The molecule has 0 bridgehead atoms. The molecule has 9 heteroatoms. The zero-order valence-corrected chi connectivity index (χ0v) is 19.3. The third-order valence-electron chi connectivity index (χ3n) is 4.00. The van der Waals surface area contributed by atoms with Crippen LogP contribution in [0.5, 0.6) is 0 Å². The molecule has 2 heterocycles. The second-order valence-electron chi connectivity index (χ2n) is 6.13. The van der Waals surface area contributed by atoms with E-state index in [9.17, 15) is 0 Å². The first kappa shape index (κ1) is 22.8. The van der Waals surface area contributed by atoms with E-state index in [-0.39, 0.29) is 30.0 Å². The average molecular weight is 491 g/mol. The summed E-state index contributed by atoms with van der Waals surface area (Å²) < 4.78 is 1.83. The summed E-state index contributed by atoms with van der Waals surface area (Å²) in [7, 11) is 7.88. The molecule has 0 radical (unpaired) electrons. The predicted molar refractivity (Wildman–Crippen MR) is 120 cm³/mol. The van der Waals surface area contributed by atoms with E-state index in [0.29, 0.717) is 0 Å². The highest BCUT2D eigenvalue weighted by Crippen LogP contribution is 2.16. The van der Waals surface area contributed by atoms with Gasteiger partial charge in [0.25, 0.3) is 0 Å². The topological polar surface area (TPSA) is 70.4 Å². The highest BCUT2D eigenvalue weighted by molar-refractivity contribution is 14.0. The molecular weight excluding hydrogens is 461 g/mol. The number of thiazole rings is 1. The summed E-state index contributed by atoms with van der Waals surface area (Å²) in [6.45, 7) is 3.73. The van der Waals surface area contributed by atoms with Gasteiger partial charge in [0.1, 0.15) is 0 Å². The van der Waals surface area contributed by atoms with Crippen LogP contribution in [0, 0.1) is 0 Å². The molecule has 1 atom stereocenters. The number of hydrogen-bond donors (Lipinski definition) is 2. The summed E-state index contributed by atoms with van der Waals surface area (Å²) in [5, 5.41) is 12.2. The number of guanidine groups is 1. The SMILES string of the molecule is CCc1cnc(CCNC(=NC)NCC(c2cnn(C)c2)N(C)C)s1.I. The molecule has 0 aliphatic heterocycles. The number of likely N-dealkylation sites (N-methyl/N-ethyl adjacent to an activating group) is 1. The van der Waals surface area contributed by atoms with Crippen LogP contribution in [0.15, 0.2) is 23.6 Å². The Bertz CT molecular complexity index is 680. The fourth-order valence-corrected chi connectivity index (χ4v) is 3.40. The Morgan fingerprint density at radius 1 is 1.35 bits per heavy atom. The monoisotopic (exact) mass is 491 g/mol. The molecule has 7 nitrogen and oxygen atoms in total. The number of nitrogens with zero attached hydrogens (tertiary/aromatic N) is 5. The first-order chi connectivity index (χ1) is 12.0. The van der Waals surface area contributed by atoms with E-state index in [1.54, 1.807) is 18.4 Å². The van der Waals surface area contributed by atoms with E-state index in [0.717, 1.165) is 31.9 Å². The van der Waals surface area contributed by atoms with Crippen molar-refractivity contribution in [1.29, 1.82) is 0 Å². The van der Waals surface area contributed by atoms with Gasteiger partial charge >= 0.3 is 0 Å². The van der Waals surface area contributed by atoms with Crippen molar-refractivity contribution in [3.8, 4) is 0 Å². The Morgan fingerprint density at radius 2 is 2.12 bits per heavy atom. The lowest BCUT2D eigenvalue weighted by molar-refractivity contribution is 0.298. The van der Waals surface area contributed by atoms with E-state index >= 15 is 0 Å². The van der Waals surface area contributed by atoms with E-state index in [4.69, 9.17) is 0 Å². The summed E-state index contributed by atoms with van der Waals surface area (Å²) in [4.78, 5) is 12.3. The van der Waals surface area contributed by atoms with Gasteiger partial charge in [-0.15, -0.1) is 35.3 Å². The van der Waals surface area contributed by atoms with E-state index in [1.165, 1.54) is 15.4 Å². The number of halogens is 1. The lowest BCUT2D eigenvalue weighted by Crippen LogP contribution is -2.42. The van der Waals surface area contributed by atoms with Crippen LogP contribution >= 0.6 is 35.3 Å². The molecule has 0 spiro atoms. The Balaban J connectivity index is 0.00000338. The summed E-state index contributed by atoms with van der Waals surface area (Å²) in [5.41, 5.74) is 1.19. The van der Waals surface area contributed by atoms with Crippen molar-refractivity contribution in [1.82, 2.24) is 30.3 Å². The zero-order valence-electron chi connectivity index (χ0n) is 16.2. The van der Waals surface area contributed by atoms with Gasteiger partial charge in [-0.25, -0.2) is 4.98 Å². The van der Waals surface area contributed by atoms with Crippen LogP contribution < -0.4 is 10.6 Å². The number of aryl methyl sites for hydroxylation is 2. The lowest BCUT2D eigenvalue weighted by atomic mass is 10.1. The van der Waals surface area contributed by atoms with E-state index in [2.05, 4.69) is 57.8 Å². The highest BCUT2D eigenvalue weighted by atomic mass is 127. The third-order valence-corrected chi connectivity index (χ3v) is 5.20. The molecule has 2 aromatic heterocycles. The summed E-state index contributed by atoms with van der Waals surface area (Å²) in [6.07, 6.45) is 7.90. The first-order valence-corrected chi connectivity index (χ1v) is 9.38. The number of aromatic nitrogens is 3. The number of nitrogens with one attached hydrogen (secondary N) is 2. The fraction of sp³-hybridized carbons (Fsp3) is 0.588. The molecule has 0 aromatic carbocycles. The highest BCUT2D eigenvalue weighted by Gasteiger charge is 2.16. The third kappa shape index (κ3) is 6.84. The molecule has 2 rings (SSSR count). The Morgan fingerprint density at radius 3 is 2.65 bits per heavy atom. The minimum absolute atomic E-state index is 0. The second-order valence-corrected chi connectivity index (χ2v) is 7.33. The minimum atomic E-state index is 0. The van der Waals surface area contributed by atoms with Gasteiger partial charge in [-0.2, -0.15) is 5.10 Å². The molecule has 0 aliphatic rings. The smallest absolute Gasteiger partial charge is 0.191 e. The molecule has 146 valence electrons. The molecule has 2 aromatic rings. The Kier molecular flexibility index (Phi) is 10.1. The minimum Gasteiger partial charge on any atom is -0.356 e. The molecule has 0 fully saturated rings. The first-order valence-electron chi connectivity index (χ1n) is 8.56. The van der Waals surface area contributed by atoms with Gasteiger partial charge in [0.2, 0.25) is 0 Å². The maximum absolute atomic E-state index is 4.45. The molecule has 0 amide bonds. The molecule has 26 heavy (non-hydrogen) atoms. The molecule has 1 unspecified atom stereocenters. The van der Waals surface area contributed by atoms with Gasteiger partial charge in [0.15, 0.2) is 5.96 Å². The van der Waals surface area contributed by atoms with Crippen LogP contribution in [0.2, 0.25) is 0 Å². The molecule has 0 saturated heterocycles. The van der Waals surface area contributed by atoms with Crippen molar-refractivity contribution < 1.29 is 0 Å². The molecular formula is C17H30IN7S. The number of rotatable bonds is 8. The quantitative estimate of drug-likeness (QED) is 0.336. The molecule has 2 N–H and O–H groups in total. The van der Waals surface area contributed by atoms with E-state index < -0.39 is 0 Å². The van der Waals surface area contributed by atoms with Gasteiger partial charge < -0.3 is 15.5 Å². The fourth-order valence-electron chi connectivity index (χ4n) is 2.54. The zero-order chi connectivity index (χ0) is 18.2. The van der Waals surface area contributed by atoms with Crippen molar-refractivity contribution in [2.75, 3.05) is 34.2 Å². The Hall–Kier alpha value is -1.20. The van der Waals surface area contributed by atoms with Crippen LogP contribution in [-0.2, 0) is 19.9 Å². The summed E-state index contributed by atoms with van der Waals surface area (Å²) >= 11 is 1.79. The molecule has 0 aliphatic carbocycles. The van der Waals surface area contributed by atoms with Crippen LogP contribution in [0.25, 0.3) is 0 Å². The number of aliphatic imine (C=N–C) groups is 1.